The molecular formula is C26H19BrN2O4. The van der Waals surface area contributed by atoms with Crippen LogP contribution in [0.15, 0.2) is 93.3 Å². The van der Waals surface area contributed by atoms with E-state index >= 15 is 0 Å². The van der Waals surface area contributed by atoms with Gasteiger partial charge in [0.05, 0.1) is 11.6 Å². The monoisotopic (exact) mass is 502 g/mol. The second-order valence-electron chi connectivity index (χ2n) is 7.93. The predicted molar refractivity (Wildman–Crippen MR) is 127 cm³/mol. The first kappa shape index (κ1) is 21.2. The highest BCUT2D eigenvalue weighted by Crippen LogP contribution is 2.41. The van der Waals surface area contributed by atoms with Crippen molar-refractivity contribution < 1.29 is 19.1 Å². The third-order valence-electron chi connectivity index (χ3n) is 5.84. The Bertz CT molecular complexity index is 1420. The zero-order chi connectivity index (χ0) is 23.1. The topological polar surface area (TPSA) is 83.6 Å². The number of nitrogens with zero attached hydrogens (tertiary/aromatic N) is 2. The molecule has 7 heteroatoms. The van der Waals surface area contributed by atoms with Gasteiger partial charge in [0.25, 0.3) is 5.91 Å². The summed E-state index contributed by atoms with van der Waals surface area (Å²) in [4.78, 5) is 32.4. The van der Waals surface area contributed by atoms with E-state index in [2.05, 4.69) is 20.9 Å². The van der Waals surface area contributed by atoms with Crippen LogP contribution in [-0.4, -0.2) is 26.7 Å². The molecule has 0 saturated carbocycles. The molecule has 0 radical (unpaired) electrons. The van der Waals surface area contributed by atoms with Crippen molar-refractivity contribution in [3.05, 3.63) is 111 Å². The number of pyridine rings is 1. The van der Waals surface area contributed by atoms with Gasteiger partial charge in [0.1, 0.15) is 5.58 Å². The molecule has 1 aliphatic rings. The molecule has 1 aliphatic heterocycles. The van der Waals surface area contributed by atoms with Crippen molar-refractivity contribution in [2.75, 3.05) is 0 Å². The highest BCUT2D eigenvalue weighted by molar-refractivity contribution is 9.10. The van der Waals surface area contributed by atoms with Crippen molar-refractivity contribution in [1.82, 2.24) is 9.88 Å². The van der Waals surface area contributed by atoms with Gasteiger partial charge in [-0.2, -0.15) is 0 Å². The molecular weight excluding hydrogens is 484 g/mol. The fourth-order valence-electron chi connectivity index (χ4n) is 4.21. The molecule has 4 aromatic rings. The molecule has 1 unspecified atom stereocenters. The molecule has 33 heavy (non-hydrogen) atoms. The van der Waals surface area contributed by atoms with Gasteiger partial charge in [0.2, 0.25) is 5.78 Å². The standard InChI is InChI=1S/C26H19BrN2O4/c1-15-4-2-3-5-19(15)23-22(24(30)21-13-17-12-18(27)6-7-20(17)33-21)25(31)26(32)29(23)14-16-8-10-28-11-9-16/h2-13,23,31H,14H2,1H3. The molecule has 5 rings (SSSR count). The lowest BCUT2D eigenvalue weighted by atomic mass is 9.92. The summed E-state index contributed by atoms with van der Waals surface area (Å²) in [5.74, 6) is -1.59. The van der Waals surface area contributed by atoms with Crippen molar-refractivity contribution in [3.63, 3.8) is 0 Å². The minimum absolute atomic E-state index is 0.0153. The zero-order valence-electron chi connectivity index (χ0n) is 17.7. The van der Waals surface area contributed by atoms with Gasteiger partial charge >= 0.3 is 0 Å². The Morgan fingerprint density at radius 2 is 1.88 bits per heavy atom. The molecule has 164 valence electrons. The number of aliphatic hydroxyl groups is 1. The molecule has 0 fully saturated rings. The van der Waals surface area contributed by atoms with Crippen LogP contribution in [0.25, 0.3) is 11.0 Å². The van der Waals surface area contributed by atoms with Gasteiger partial charge in [-0.25, -0.2) is 0 Å². The van der Waals surface area contributed by atoms with E-state index in [1.807, 2.05) is 43.3 Å². The maximum Gasteiger partial charge on any atom is 0.290 e. The Morgan fingerprint density at radius 3 is 2.64 bits per heavy atom. The number of fused-ring (bicyclic) bond motifs is 1. The third-order valence-corrected chi connectivity index (χ3v) is 6.33. The van der Waals surface area contributed by atoms with Crippen molar-refractivity contribution in [2.45, 2.75) is 19.5 Å². The number of hydrogen-bond acceptors (Lipinski definition) is 5. The van der Waals surface area contributed by atoms with E-state index in [9.17, 15) is 14.7 Å². The van der Waals surface area contributed by atoms with Gasteiger partial charge < -0.3 is 14.4 Å². The number of aromatic nitrogens is 1. The molecule has 0 aliphatic carbocycles. The maximum absolute atomic E-state index is 13.6. The first-order valence-corrected chi connectivity index (χ1v) is 11.2. The minimum Gasteiger partial charge on any atom is -0.503 e. The van der Waals surface area contributed by atoms with E-state index < -0.39 is 23.5 Å². The van der Waals surface area contributed by atoms with Crippen LogP contribution < -0.4 is 0 Å². The molecule has 0 spiro atoms. The van der Waals surface area contributed by atoms with Crippen LogP contribution in [0.5, 0.6) is 0 Å². The van der Waals surface area contributed by atoms with Crippen LogP contribution in [0.2, 0.25) is 0 Å². The highest BCUT2D eigenvalue weighted by Gasteiger charge is 2.45. The van der Waals surface area contributed by atoms with Crippen LogP contribution in [-0.2, 0) is 11.3 Å². The van der Waals surface area contributed by atoms with Crippen LogP contribution in [0, 0.1) is 6.92 Å². The highest BCUT2D eigenvalue weighted by atomic mass is 79.9. The molecule has 0 bridgehead atoms. The van der Waals surface area contributed by atoms with E-state index in [4.69, 9.17) is 4.42 Å². The zero-order valence-corrected chi connectivity index (χ0v) is 19.2. The largest absolute Gasteiger partial charge is 0.503 e. The second-order valence-corrected chi connectivity index (χ2v) is 8.85. The van der Waals surface area contributed by atoms with E-state index in [0.717, 1.165) is 26.5 Å². The first-order chi connectivity index (χ1) is 15.9. The van der Waals surface area contributed by atoms with Crippen LogP contribution >= 0.6 is 15.9 Å². The van der Waals surface area contributed by atoms with Crippen LogP contribution in [0.1, 0.15) is 33.3 Å². The fraction of sp³-hybridized carbons (Fsp3) is 0.115. The number of carbonyl (C=O) groups excluding carboxylic acids is 2. The van der Waals surface area contributed by atoms with E-state index in [1.165, 1.54) is 4.90 Å². The minimum atomic E-state index is -0.751. The van der Waals surface area contributed by atoms with E-state index in [0.29, 0.717) is 5.58 Å². The molecule has 6 nitrogen and oxygen atoms in total. The number of ketones is 1. The summed E-state index contributed by atoms with van der Waals surface area (Å²) in [5.41, 5.74) is 3.08. The molecule has 1 amide bonds. The number of amides is 1. The molecule has 2 aromatic carbocycles. The summed E-state index contributed by atoms with van der Waals surface area (Å²) in [6.45, 7) is 2.13. The number of benzene rings is 2. The Balaban J connectivity index is 1.62. The van der Waals surface area contributed by atoms with Gasteiger partial charge in [-0.15, -0.1) is 0 Å². The predicted octanol–water partition coefficient (Wildman–Crippen LogP) is 5.68. The van der Waals surface area contributed by atoms with Crippen LogP contribution in [0.3, 0.4) is 0 Å². The number of aliphatic hydroxyl groups excluding tert-OH is 1. The van der Waals surface area contributed by atoms with E-state index in [-0.39, 0.29) is 17.9 Å². The third kappa shape index (κ3) is 3.74. The van der Waals surface area contributed by atoms with Crippen molar-refractivity contribution >= 4 is 38.6 Å². The number of furan rings is 1. The lowest BCUT2D eigenvalue weighted by molar-refractivity contribution is -0.130. The first-order valence-electron chi connectivity index (χ1n) is 10.4. The van der Waals surface area contributed by atoms with Gasteiger partial charge in [-0.1, -0.05) is 40.2 Å². The number of hydrogen-bond donors (Lipinski definition) is 1. The number of rotatable bonds is 5. The van der Waals surface area contributed by atoms with Gasteiger partial charge in [-0.05, 0) is 60.0 Å². The van der Waals surface area contributed by atoms with Gasteiger partial charge in [-0.3, -0.25) is 14.6 Å². The average Bonchev–Trinajstić information content (AvgIpc) is 3.34. The lowest BCUT2D eigenvalue weighted by Gasteiger charge is -2.27. The number of aryl methyl sites for hydroxylation is 1. The molecule has 3 heterocycles. The molecule has 0 saturated heterocycles. The SMILES string of the molecule is Cc1ccccc1C1C(C(=O)c2cc3cc(Br)ccc3o2)=C(O)C(=O)N1Cc1ccncc1. The molecule has 2 aromatic heterocycles. The molecule has 1 atom stereocenters. The van der Waals surface area contributed by atoms with Crippen molar-refractivity contribution in [3.8, 4) is 0 Å². The smallest absolute Gasteiger partial charge is 0.290 e. The van der Waals surface area contributed by atoms with E-state index in [1.54, 1.807) is 36.7 Å². The number of halogens is 1. The summed E-state index contributed by atoms with van der Waals surface area (Å²) in [6.07, 6.45) is 3.29. The van der Waals surface area contributed by atoms with Gasteiger partial charge in [0, 0.05) is 28.8 Å². The lowest BCUT2D eigenvalue weighted by Crippen LogP contribution is -2.31. The quantitative estimate of drug-likeness (QED) is 0.355. The second kappa shape index (κ2) is 8.33. The Hall–Kier alpha value is -3.71. The summed E-state index contributed by atoms with van der Waals surface area (Å²) >= 11 is 3.42. The molecule has 1 N–H and O–H groups in total. The van der Waals surface area contributed by atoms with Crippen molar-refractivity contribution in [2.24, 2.45) is 0 Å². The summed E-state index contributed by atoms with van der Waals surface area (Å²) in [5, 5.41) is 11.6. The Morgan fingerprint density at radius 1 is 1.12 bits per heavy atom. The van der Waals surface area contributed by atoms with Gasteiger partial charge in [0.15, 0.2) is 11.5 Å². The Labute approximate surface area is 198 Å². The summed E-state index contributed by atoms with van der Waals surface area (Å²) in [7, 11) is 0. The summed E-state index contributed by atoms with van der Waals surface area (Å²) < 4.78 is 6.65. The normalized spacial score (nSPS) is 16.1. The number of carbonyl (C=O) groups is 2. The maximum atomic E-state index is 13.6. The summed E-state index contributed by atoms with van der Waals surface area (Å²) in [6, 6.07) is 17.5. The number of Topliss-reactive ketones (excluding diaryl/α,β-unsaturated/α-hetero) is 1. The van der Waals surface area contributed by atoms with Crippen molar-refractivity contribution in [1.29, 1.82) is 0 Å². The van der Waals surface area contributed by atoms with Crippen LogP contribution in [0.4, 0.5) is 0 Å². The average molecular weight is 503 g/mol. The Kier molecular flexibility index (Phi) is 5.34. The fourth-order valence-corrected chi connectivity index (χ4v) is 4.59.